The van der Waals surface area contributed by atoms with Crippen LogP contribution in [0.15, 0.2) is 0 Å². The van der Waals surface area contributed by atoms with Crippen LogP contribution >= 0.6 is 0 Å². The van der Waals surface area contributed by atoms with Crippen molar-refractivity contribution in [3.05, 3.63) is 0 Å². The maximum Gasteiger partial charge on any atom is 0.123 e. The molecule has 0 unspecified atom stereocenters. The zero-order valence-corrected chi connectivity index (χ0v) is 8.89. The fourth-order valence-electron chi connectivity index (χ4n) is 0.980. The lowest BCUT2D eigenvalue weighted by atomic mass is 10.0. The molecule has 0 aromatic rings. The Kier molecular flexibility index (Phi) is 15.6. The van der Waals surface area contributed by atoms with Crippen LogP contribution in [-0.2, 0) is 4.79 Å². The van der Waals surface area contributed by atoms with Gasteiger partial charge >= 0.3 is 0 Å². The van der Waals surface area contributed by atoms with Gasteiger partial charge in [-0.2, -0.15) is 0 Å². The number of carbonyl (C=O) groups is 1. The third-order valence-corrected chi connectivity index (χ3v) is 1.58. The average molecular weight is 173 g/mol. The predicted molar refractivity (Wildman–Crippen MR) is 54.4 cm³/mol. The van der Waals surface area contributed by atoms with Gasteiger partial charge in [0.2, 0.25) is 0 Å². The van der Waals surface area contributed by atoms with Gasteiger partial charge in [0.1, 0.15) is 6.29 Å². The van der Waals surface area contributed by atoms with E-state index >= 15 is 0 Å². The topological polar surface area (TPSA) is 29.1 Å². The second-order valence-corrected chi connectivity index (χ2v) is 2.22. The summed E-state index contributed by atoms with van der Waals surface area (Å²) in [7, 11) is 0. The largest absolute Gasteiger partial charge is 0.317 e. The van der Waals surface area contributed by atoms with Crippen LogP contribution in [0.3, 0.4) is 0 Å². The van der Waals surface area contributed by atoms with E-state index in [9.17, 15) is 4.79 Å². The van der Waals surface area contributed by atoms with Gasteiger partial charge < -0.3 is 10.1 Å². The summed E-state index contributed by atoms with van der Waals surface area (Å²) in [4.78, 5) is 10.1. The molecule has 12 heavy (non-hydrogen) atoms. The Hall–Kier alpha value is -0.370. The lowest BCUT2D eigenvalue weighted by Crippen LogP contribution is -2.28. The number of rotatable bonds is 1. The van der Waals surface area contributed by atoms with E-state index in [1.807, 2.05) is 27.7 Å². The van der Waals surface area contributed by atoms with Gasteiger partial charge in [-0.05, 0) is 25.9 Å². The number of piperidine rings is 1. The Morgan fingerprint density at radius 1 is 1.08 bits per heavy atom. The van der Waals surface area contributed by atoms with E-state index in [0.717, 1.165) is 32.2 Å². The fraction of sp³-hybridized carbons (Fsp3) is 0.900. The molecule has 0 amide bonds. The second kappa shape index (κ2) is 13.2. The Morgan fingerprint density at radius 3 is 1.75 bits per heavy atom. The van der Waals surface area contributed by atoms with Crippen molar-refractivity contribution < 1.29 is 4.79 Å². The van der Waals surface area contributed by atoms with Crippen molar-refractivity contribution >= 4 is 6.29 Å². The molecule has 0 aromatic carbocycles. The predicted octanol–water partition coefficient (Wildman–Crippen LogP) is 2.24. The fourth-order valence-corrected chi connectivity index (χ4v) is 0.980. The van der Waals surface area contributed by atoms with Crippen LogP contribution in [0.2, 0.25) is 0 Å². The van der Waals surface area contributed by atoms with E-state index in [4.69, 9.17) is 0 Å². The maximum atomic E-state index is 10.1. The molecule has 0 spiro atoms. The van der Waals surface area contributed by atoms with Crippen LogP contribution in [0, 0.1) is 5.92 Å². The van der Waals surface area contributed by atoms with Crippen LogP contribution in [0.4, 0.5) is 0 Å². The van der Waals surface area contributed by atoms with E-state index in [2.05, 4.69) is 5.32 Å². The molecular formula is C10H23NO. The number of carbonyl (C=O) groups excluding carboxylic acids is 1. The molecule has 1 aliphatic rings. The first-order chi connectivity index (χ1) is 5.93. The second-order valence-electron chi connectivity index (χ2n) is 2.22. The summed E-state index contributed by atoms with van der Waals surface area (Å²) >= 11 is 0. The van der Waals surface area contributed by atoms with Gasteiger partial charge in [-0.25, -0.2) is 0 Å². The molecule has 0 aliphatic carbocycles. The molecule has 2 heteroatoms. The molecule has 2 nitrogen and oxygen atoms in total. The molecular weight excluding hydrogens is 150 g/mol. The Bertz CT molecular complexity index is 77.9. The van der Waals surface area contributed by atoms with E-state index in [1.54, 1.807) is 0 Å². The highest BCUT2D eigenvalue weighted by atomic mass is 16.1. The van der Waals surface area contributed by atoms with Gasteiger partial charge in [-0.3, -0.25) is 0 Å². The van der Waals surface area contributed by atoms with E-state index in [0.29, 0.717) is 5.92 Å². The molecule has 0 atom stereocenters. The monoisotopic (exact) mass is 173 g/mol. The molecule has 1 aliphatic heterocycles. The minimum Gasteiger partial charge on any atom is -0.317 e. The van der Waals surface area contributed by atoms with E-state index < -0.39 is 0 Å². The van der Waals surface area contributed by atoms with Crippen molar-refractivity contribution in [2.45, 2.75) is 40.5 Å². The SMILES string of the molecule is CC.CC.O=CC1CCNCC1. The molecule has 0 radical (unpaired) electrons. The summed E-state index contributed by atoms with van der Waals surface area (Å²) < 4.78 is 0. The highest BCUT2D eigenvalue weighted by Gasteiger charge is 2.09. The van der Waals surface area contributed by atoms with Crippen molar-refractivity contribution in [3.8, 4) is 0 Å². The molecule has 1 saturated heterocycles. The molecule has 0 saturated carbocycles. The number of nitrogens with one attached hydrogen (secondary N) is 1. The molecule has 1 N–H and O–H groups in total. The molecule has 1 heterocycles. The normalized spacial score (nSPS) is 16.3. The van der Waals surface area contributed by atoms with Crippen molar-refractivity contribution in [1.29, 1.82) is 0 Å². The number of aldehydes is 1. The third kappa shape index (κ3) is 7.73. The number of hydrogen-bond donors (Lipinski definition) is 1. The highest BCUT2D eigenvalue weighted by molar-refractivity contribution is 5.53. The van der Waals surface area contributed by atoms with Gasteiger partial charge in [0, 0.05) is 5.92 Å². The van der Waals surface area contributed by atoms with Crippen molar-refractivity contribution in [2.75, 3.05) is 13.1 Å². The zero-order chi connectivity index (χ0) is 9.82. The first-order valence-corrected chi connectivity index (χ1v) is 5.09. The van der Waals surface area contributed by atoms with Crippen molar-refractivity contribution in [2.24, 2.45) is 5.92 Å². The van der Waals surface area contributed by atoms with Gasteiger partial charge in [0.05, 0.1) is 0 Å². The standard InChI is InChI=1S/C6H11NO.2C2H6/c8-5-6-1-3-7-4-2-6;2*1-2/h5-7H,1-4H2;2*1-2H3. The van der Waals surface area contributed by atoms with Gasteiger partial charge in [0.15, 0.2) is 0 Å². The van der Waals surface area contributed by atoms with Crippen LogP contribution in [0.25, 0.3) is 0 Å². The lowest BCUT2D eigenvalue weighted by molar-refractivity contribution is -0.111. The first kappa shape index (κ1) is 14.2. The molecule has 74 valence electrons. The lowest BCUT2D eigenvalue weighted by Gasteiger charge is -2.16. The Balaban J connectivity index is 0. The quantitative estimate of drug-likeness (QED) is 0.616. The van der Waals surface area contributed by atoms with Crippen LogP contribution in [0.5, 0.6) is 0 Å². The van der Waals surface area contributed by atoms with Crippen LogP contribution < -0.4 is 5.32 Å². The van der Waals surface area contributed by atoms with Crippen LogP contribution in [0.1, 0.15) is 40.5 Å². The summed E-state index contributed by atoms with van der Waals surface area (Å²) in [6.07, 6.45) is 3.13. The number of hydrogen-bond acceptors (Lipinski definition) is 2. The Morgan fingerprint density at radius 2 is 1.50 bits per heavy atom. The molecule has 1 fully saturated rings. The van der Waals surface area contributed by atoms with Gasteiger partial charge in [0.25, 0.3) is 0 Å². The summed E-state index contributed by atoms with van der Waals surface area (Å²) in [6.45, 7) is 10.0. The minimum absolute atomic E-state index is 0.344. The molecule has 1 rings (SSSR count). The Labute approximate surface area is 76.7 Å². The van der Waals surface area contributed by atoms with Crippen molar-refractivity contribution in [3.63, 3.8) is 0 Å². The summed E-state index contributed by atoms with van der Waals surface area (Å²) in [6, 6.07) is 0. The zero-order valence-electron chi connectivity index (χ0n) is 8.89. The van der Waals surface area contributed by atoms with E-state index in [-0.39, 0.29) is 0 Å². The summed E-state index contributed by atoms with van der Waals surface area (Å²) in [5.74, 6) is 0.344. The summed E-state index contributed by atoms with van der Waals surface area (Å²) in [5, 5.41) is 3.19. The van der Waals surface area contributed by atoms with Gasteiger partial charge in [-0.15, -0.1) is 0 Å². The third-order valence-electron chi connectivity index (χ3n) is 1.58. The summed E-state index contributed by atoms with van der Waals surface area (Å²) in [5.41, 5.74) is 0. The maximum absolute atomic E-state index is 10.1. The average Bonchev–Trinajstić information content (AvgIpc) is 2.25. The molecule has 0 aromatic heterocycles. The van der Waals surface area contributed by atoms with Crippen molar-refractivity contribution in [1.82, 2.24) is 5.32 Å². The van der Waals surface area contributed by atoms with Gasteiger partial charge in [-0.1, -0.05) is 27.7 Å². The minimum atomic E-state index is 0.344. The highest BCUT2D eigenvalue weighted by Crippen LogP contribution is 2.06. The van der Waals surface area contributed by atoms with E-state index in [1.165, 1.54) is 0 Å². The van der Waals surface area contributed by atoms with Crippen LogP contribution in [-0.4, -0.2) is 19.4 Å². The first-order valence-electron chi connectivity index (χ1n) is 5.09. The smallest absolute Gasteiger partial charge is 0.123 e. The molecule has 0 bridgehead atoms.